The average Bonchev–Trinajstić information content (AvgIpc) is 3.58. The number of benzene rings is 1. The van der Waals surface area contributed by atoms with E-state index >= 15 is 0 Å². The molecule has 3 heterocycles. The van der Waals surface area contributed by atoms with Crippen molar-refractivity contribution in [2.24, 2.45) is 5.73 Å². The lowest BCUT2D eigenvalue weighted by Gasteiger charge is -2.43. The Hall–Kier alpha value is -3.97. The largest absolute Gasteiger partial charge is 0.495 e. The summed E-state index contributed by atoms with van der Waals surface area (Å²) in [4.78, 5) is 52.8. The molecule has 13 heteroatoms. The summed E-state index contributed by atoms with van der Waals surface area (Å²) in [6.07, 6.45) is 9.60. The molecule has 13 nitrogen and oxygen atoms in total. The first kappa shape index (κ1) is 32.4. The van der Waals surface area contributed by atoms with Gasteiger partial charge in [-0.15, -0.1) is 0 Å². The standard InChI is InChI=1S/C32H46N8O5/c1-4-25-30(42)38(2)26-19-34-32(37-28(26)40(25)22-8-5-6-9-22)36-24-12-11-20(18-27(24)45-3)29(41)35-21-13-16-39(17-14-21)15-7-10-23(33)31(43)44/h11-12,18-19,21-23,25H,4-10,13-17,33H2,1-3H3,(H,35,41)(H,43,44)(H,34,36,37)/t23-,25+/m0/s1. The van der Waals surface area contributed by atoms with Crippen LogP contribution >= 0.6 is 0 Å². The van der Waals surface area contributed by atoms with Crippen LogP contribution in [0.25, 0.3) is 0 Å². The van der Waals surface area contributed by atoms with E-state index in [1.807, 2.05) is 6.92 Å². The number of carbonyl (C=O) groups excluding carboxylic acids is 2. The number of ether oxygens (including phenoxy) is 1. The Labute approximate surface area is 264 Å². The van der Waals surface area contributed by atoms with Crippen molar-refractivity contribution < 1.29 is 24.2 Å². The molecular weight excluding hydrogens is 576 g/mol. The minimum Gasteiger partial charge on any atom is -0.495 e. The zero-order chi connectivity index (χ0) is 32.1. The lowest BCUT2D eigenvalue weighted by atomic mass is 10.0. The molecule has 2 amide bonds. The van der Waals surface area contributed by atoms with Crippen LogP contribution in [0.2, 0.25) is 0 Å². The molecule has 0 unspecified atom stereocenters. The van der Waals surface area contributed by atoms with E-state index in [0.717, 1.165) is 70.4 Å². The Morgan fingerprint density at radius 3 is 2.58 bits per heavy atom. The van der Waals surface area contributed by atoms with Gasteiger partial charge < -0.3 is 40.9 Å². The van der Waals surface area contributed by atoms with Crippen LogP contribution in [-0.2, 0) is 9.59 Å². The molecule has 0 bridgehead atoms. The predicted octanol–water partition coefficient (Wildman–Crippen LogP) is 3.12. The number of aliphatic carboxylic acids is 1. The molecule has 1 aliphatic carbocycles. The summed E-state index contributed by atoms with van der Waals surface area (Å²) < 4.78 is 5.65. The molecule has 2 aromatic rings. The van der Waals surface area contributed by atoms with Crippen molar-refractivity contribution in [1.29, 1.82) is 0 Å². The van der Waals surface area contributed by atoms with Crippen LogP contribution in [0.3, 0.4) is 0 Å². The molecule has 1 saturated heterocycles. The molecule has 0 spiro atoms. The van der Waals surface area contributed by atoms with Crippen LogP contribution in [0.15, 0.2) is 24.4 Å². The summed E-state index contributed by atoms with van der Waals surface area (Å²) in [6.45, 7) is 4.51. The highest BCUT2D eigenvalue weighted by atomic mass is 16.5. The second-order valence-corrected chi connectivity index (χ2v) is 12.3. The number of methoxy groups -OCH3 is 1. The number of carbonyl (C=O) groups is 3. The van der Waals surface area contributed by atoms with Crippen LogP contribution in [-0.4, -0.2) is 95.7 Å². The van der Waals surface area contributed by atoms with Crippen molar-refractivity contribution in [3.05, 3.63) is 30.0 Å². The number of hydrogen-bond donors (Lipinski definition) is 4. The van der Waals surface area contributed by atoms with Crippen molar-refractivity contribution in [3.8, 4) is 5.75 Å². The maximum absolute atomic E-state index is 13.2. The Morgan fingerprint density at radius 2 is 1.91 bits per heavy atom. The topological polar surface area (TPSA) is 166 Å². The van der Waals surface area contributed by atoms with Crippen LogP contribution in [0.5, 0.6) is 5.75 Å². The van der Waals surface area contributed by atoms with Gasteiger partial charge in [0.05, 0.1) is 19.0 Å². The smallest absolute Gasteiger partial charge is 0.320 e. The molecule has 2 aliphatic heterocycles. The van der Waals surface area contributed by atoms with E-state index in [9.17, 15) is 14.4 Å². The van der Waals surface area contributed by atoms with Crippen LogP contribution < -0.4 is 30.9 Å². The number of carboxylic acids is 1. The van der Waals surface area contributed by atoms with Gasteiger partial charge >= 0.3 is 5.97 Å². The third-order valence-corrected chi connectivity index (χ3v) is 9.35. The van der Waals surface area contributed by atoms with Gasteiger partial charge in [-0.3, -0.25) is 14.4 Å². The second kappa shape index (κ2) is 14.4. The zero-order valence-electron chi connectivity index (χ0n) is 26.5. The number of nitrogens with zero attached hydrogens (tertiary/aromatic N) is 5. The number of hydrogen-bond acceptors (Lipinski definition) is 10. The van der Waals surface area contributed by atoms with Crippen LogP contribution in [0.1, 0.15) is 75.1 Å². The zero-order valence-corrected chi connectivity index (χ0v) is 26.5. The summed E-state index contributed by atoms with van der Waals surface area (Å²) in [5, 5.41) is 15.4. The van der Waals surface area contributed by atoms with Crippen molar-refractivity contribution >= 4 is 40.9 Å². The molecule has 3 aliphatic rings. The summed E-state index contributed by atoms with van der Waals surface area (Å²) in [5.41, 5.74) is 7.43. The van der Waals surface area contributed by atoms with Crippen molar-refractivity contribution in [2.45, 2.75) is 88.9 Å². The van der Waals surface area contributed by atoms with E-state index in [0.29, 0.717) is 41.5 Å². The van der Waals surface area contributed by atoms with Crippen molar-refractivity contribution in [2.75, 3.05) is 48.9 Å². The van der Waals surface area contributed by atoms with E-state index < -0.39 is 12.0 Å². The number of fused-ring (bicyclic) bond motifs is 1. The number of aromatic nitrogens is 2. The summed E-state index contributed by atoms with van der Waals surface area (Å²) >= 11 is 0. The van der Waals surface area contributed by atoms with E-state index in [-0.39, 0.29) is 29.9 Å². The van der Waals surface area contributed by atoms with Gasteiger partial charge in [-0.2, -0.15) is 4.98 Å². The summed E-state index contributed by atoms with van der Waals surface area (Å²) in [5.74, 6) is 0.581. The highest BCUT2D eigenvalue weighted by Gasteiger charge is 2.41. The van der Waals surface area contributed by atoms with Gasteiger partial charge in [0.2, 0.25) is 11.9 Å². The third kappa shape index (κ3) is 7.30. The molecule has 2 fully saturated rings. The SMILES string of the molecule is CC[C@@H]1C(=O)N(C)c2cnc(Nc3ccc(C(=O)NC4CCN(CCC[C@H](N)C(=O)O)CC4)cc3OC)nc2N1C1CCCC1. The van der Waals surface area contributed by atoms with Gasteiger partial charge in [-0.25, -0.2) is 4.98 Å². The van der Waals surface area contributed by atoms with Gasteiger partial charge in [0, 0.05) is 37.8 Å². The van der Waals surface area contributed by atoms with Crippen molar-refractivity contribution in [3.63, 3.8) is 0 Å². The molecule has 244 valence electrons. The fourth-order valence-corrected chi connectivity index (χ4v) is 6.73. The van der Waals surface area contributed by atoms with Gasteiger partial charge in [0.1, 0.15) is 23.5 Å². The molecule has 5 N–H and O–H groups in total. The molecule has 1 saturated carbocycles. The quantitative estimate of drug-likeness (QED) is 0.275. The highest BCUT2D eigenvalue weighted by molar-refractivity contribution is 6.04. The van der Waals surface area contributed by atoms with Gasteiger partial charge in [-0.1, -0.05) is 19.8 Å². The molecular formula is C32H46N8O5. The van der Waals surface area contributed by atoms with E-state index in [1.165, 1.54) is 0 Å². The Balaban J connectivity index is 1.22. The molecule has 0 radical (unpaired) electrons. The van der Waals surface area contributed by atoms with E-state index in [4.69, 9.17) is 20.6 Å². The van der Waals surface area contributed by atoms with Crippen LogP contribution in [0, 0.1) is 0 Å². The molecule has 1 aromatic carbocycles. The fraction of sp³-hybridized carbons (Fsp3) is 0.594. The Morgan fingerprint density at radius 1 is 1.18 bits per heavy atom. The number of nitrogens with two attached hydrogens (primary N) is 1. The second-order valence-electron chi connectivity index (χ2n) is 12.3. The normalized spacial score (nSPS) is 20.2. The number of amides is 2. The van der Waals surface area contributed by atoms with E-state index in [1.54, 1.807) is 43.5 Å². The number of carboxylic acid groups (broad SMARTS) is 1. The number of likely N-dealkylation sites (N-methyl/N-ethyl adjacent to an activating group) is 1. The first-order valence-corrected chi connectivity index (χ1v) is 16.1. The van der Waals surface area contributed by atoms with Gasteiger partial charge in [-0.05, 0) is 69.7 Å². The monoisotopic (exact) mass is 622 g/mol. The average molecular weight is 623 g/mol. The first-order valence-electron chi connectivity index (χ1n) is 16.1. The van der Waals surface area contributed by atoms with Crippen molar-refractivity contribution in [1.82, 2.24) is 20.2 Å². The lowest BCUT2D eigenvalue weighted by molar-refractivity contribution is -0.138. The summed E-state index contributed by atoms with van der Waals surface area (Å²) in [7, 11) is 3.34. The summed E-state index contributed by atoms with van der Waals surface area (Å²) in [6, 6.07) is 4.51. The number of nitrogens with one attached hydrogen (secondary N) is 2. The fourth-order valence-electron chi connectivity index (χ4n) is 6.73. The first-order chi connectivity index (χ1) is 21.7. The molecule has 5 rings (SSSR count). The van der Waals surface area contributed by atoms with E-state index in [2.05, 4.69) is 25.4 Å². The minimum absolute atomic E-state index is 0.0579. The number of anilines is 4. The van der Waals surface area contributed by atoms with Crippen LogP contribution in [0.4, 0.5) is 23.1 Å². The molecule has 45 heavy (non-hydrogen) atoms. The number of piperidine rings is 1. The number of rotatable bonds is 12. The third-order valence-electron chi connectivity index (χ3n) is 9.35. The minimum atomic E-state index is -0.966. The predicted molar refractivity (Wildman–Crippen MR) is 172 cm³/mol. The molecule has 1 aromatic heterocycles. The Kier molecular flexibility index (Phi) is 10.4. The highest BCUT2D eigenvalue weighted by Crippen LogP contribution is 2.40. The lowest BCUT2D eigenvalue weighted by Crippen LogP contribution is -2.55. The van der Waals surface area contributed by atoms with Gasteiger partial charge in [0.25, 0.3) is 5.91 Å². The maximum Gasteiger partial charge on any atom is 0.320 e. The number of likely N-dealkylation sites (tertiary alicyclic amines) is 1. The van der Waals surface area contributed by atoms with Gasteiger partial charge in [0.15, 0.2) is 5.82 Å². The maximum atomic E-state index is 13.2. The molecule has 2 atom stereocenters. The Bertz CT molecular complexity index is 1380.